The summed E-state index contributed by atoms with van der Waals surface area (Å²) in [4.78, 5) is 24.8. The number of hydrogen-bond acceptors (Lipinski definition) is 5. The van der Waals surface area contributed by atoms with Crippen molar-refractivity contribution >= 4 is 11.7 Å². The molecule has 1 N–H and O–H groups in total. The van der Waals surface area contributed by atoms with Crippen LogP contribution in [0.25, 0.3) is 0 Å². The molecule has 9 nitrogen and oxygen atoms in total. The number of fused-ring (bicyclic) bond motifs is 1. The molecule has 132 valence electrons. The van der Waals surface area contributed by atoms with E-state index >= 15 is 0 Å². The fourth-order valence-corrected chi connectivity index (χ4v) is 3.07. The van der Waals surface area contributed by atoms with Crippen LogP contribution in [-0.2, 0) is 25.9 Å². The highest BCUT2D eigenvalue weighted by Crippen LogP contribution is 2.27. The molecule has 0 atom stereocenters. The molecule has 2 heterocycles. The maximum Gasteiger partial charge on any atom is 0.317 e. The van der Waals surface area contributed by atoms with Crippen molar-refractivity contribution in [3.63, 3.8) is 0 Å². The number of aromatic nitrogens is 3. The molecule has 1 aliphatic heterocycles. The number of carbonyl (C=O) groups excluding carboxylic acids is 1. The quantitative estimate of drug-likeness (QED) is 0.654. The minimum atomic E-state index is -0.362. The van der Waals surface area contributed by atoms with Crippen LogP contribution in [0.5, 0.6) is 0 Å². The Morgan fingerprint density at radius 2 is 2.28 bits per heavy atom. The first-order valence-electron chi connectivity index (χ1n) is 8.24. The van der Waals surface area contributed by atoms with Gasteiger partial charge in [-0.1, -0.05) is 19.1 Å². The van der Waals surface area contributed by atoms with Crippen molar-refractivity contribution < 1.29 is 9.72 Å². The van der Waals surface area contributed by atoms with Crippen LogP contribution in [0.4, 0.5) is 10.5 Å². The molecule has 3 rings (SSSR count). The number of hydrogen-bond donors (Lipinski definition) is 1. The number of nitrogens with zero attached hydrogens (tertiary/aromatic N) is 5. The lowest BCUT2D eigenvalue weighted by atomic mass is 9.98. The molecule has 2 aromatic rings. The van der Waals surface area contributed by atoms with Gasteiger partial charge in [0, 0.05) is 44.2 Å². The largest absolute Gasteiger partial charge is 0.336 e. The zero-order chi connectivity index (χ0) is 17.8. The molecular weight excluding hydrogens is 324 g/mol. The standard InChI is InChI=1S/C16H20N6O3/c1-2-15-19-18-11-21(15)9-7-17-16(23)20-8-6-13-12(10-20)4-3-5-14(13)22(24)25/h3-5,11H,2,6-10H2,1H3,(H,17,23). The summed E-state index contributed by atoms with van der Waals surface area (Å²) in [6.07, 6.45) is 2.93. The molecule has 9 heteroatoms. The van der Waals surface area contributed by atoms with Crippen molar-refractivity contribution in [3.05, 3.63) is 51.6 Å². The summed E-state index contributed by atoms with van der Waals surface area (Å²) in [6.45, 7) is 3.94. The Morgan fingerprint density at radius 1 is 1.44 bits per heavy atom. The first-order valence-corrected chi connectivity index (χ1v) is 8.24. The van der Waals surface area contributed by atoms with Crippen LogP contribution < -0.4 is 5.32 Å². The summed E-state index contributed by atoms with van der Waals surface area (Å²) in [5, 5.41) is 21.8. The highest BCUT2D eigenvalue weighted by atomic mass is 16.6. The van der Waals surface area contributed by atoms with E-state index in [1.165, 1.54) is 6.07 Å². The molecule has 0 fully saturated rings. The van der Waals surface area contributed by atoms with Crippen LogP contribution in [-0.4, -0.2) is 43.7 Å². The van der Waals surface area contributed by atoms with Crippen LogP contribution >= 0.6 is 0 Å². The predicted molar refractivity (Wildman–Crippen MR) is 90.0 cm³/mol. The van der Waals surface area contributed by atoms with E-state index < -0.39 is 0 Å². The van der Waals surface area contributed by atoms with Crippen LogP contribution in [0.3, 0.4) is 0 Å². The SMILES string of the molecule is CCc1nncn1CCNC(=O)N1CCc2c(cccc2[N+](=O)[O-])C1. The molecule has 0 aliphatic carbocycles. The summed E-state index contributed by atoms with van der Waals surface area (Å²) in [6, 6.07) is 4.85. The van der Waals surface area contributed by atoms with Gasteiger partial charge in [-0.2, -0.15) is 0 Å². The Balaban J connectivity index is 1.57. The molecular formula is C16H20N6O3. The maximum absolute atomic E-state index is 12.4. The van der Waals surface area contributed by atoms with E-state index in [9.17, 15) is 14.9 Å². The molecule has 1 aromatic carbocycles. The van der Waals surface area contributed by atoms with Crippen LogP contribution in [0.2, 0.25) is 0 Å². The van der Waals surface area contributed by atoms with Gasteiger partial charge in [0.1, 0.15) is 12.2 Å². The maximum atomic E-state index is 12.4. The number of nitro benzene ring substituents is 1. The fraction of sp³-hybridized carbons (Fsp3) is 0.438. The van der Waals surface area contributed by atoms with Gasteiger partial charge in [-0.05, 0) is 12.0 Å². The van der Waals surface area contributed by atoms with Crippen molar-refractivity contribution in [2.75, 3.05) is 13.1 Å². The minimum Gasteiger partial charge on any atom is -0.336 e. The third-order valence-corrected chi connectivity index (χ3v) is 4.37. The highest BCUT2D eigenvalue weighted by molar-refractivity contribution is 5.74. The molecule has 0 radical (unpaired) electrons. The summed E-state index contributed by atoms with van der Waals surface area (Å²) in [7, 11) is 0. The second-order valence-corrected chi connectivity index (χ2v) is 5.87. The second-order valence-electron chi connectivity index (χ2n) is 5.87. The Morgan fingerprint density at radius 3 is 3.04 bits per heavy atom. The topological polar surface area (TPSA) is 106 Å². The lowest BCUT2D eigenvalue weighted by Crippen LogP contribution is -2.43. The molecule has 0 saturated heterocycles. The lowest BCUT2D eigenvalue weighted by Gasteiger charge is -2.28. The molecule has 0 spiro atoms. The first kappa shape index (κ1) is 16.9. The van der Waals surface area contributed by atoms with Gasteiger partial charge >= 0.3 is 6.03 Å². The molecule has 0 saturated carbocycles. The van der Waals surface area contributed by atoms with E-state index in [0.717, 1.165) is 23.4 Å². The van der Waals surface area contributed by atoms with Crippen molar-refractivity contribution in [3.8, 4) is 0 Å². The molecule has 1 aliphatic rings. The Kier molecular flexibility index (Phi) is 4.92. The van der Waals surface area contributed by atoms with E-state index in [4.69, 9.17) is 0 Å². The summed E-state index contributed by atoms with van der Waals surface area (Å²) in [5.74, 6) is 0.883. The smallest absolute Gasteiger partial charge is 0.317 e. The van der Waals surface area contributed by atoms with Crippen molar-refractivity contribution in [1.29, 1.82) is 0 Å². The molecule has 0 unspecified atom stereocenters. The zero-order valence-corrected chi connectivity index (χ0v) is 14.0. The summed E-state index contributed by atoms with van der Waals surface area (Å²) >= 11 is 0. The number of aryl methyl sites for hydroxylation is 1. The monoisotopic (exact) mass is 344 g/mol. The lowest BCUT2D eigenvalue weighted by molar-refractivity contribution is -0.385. The number of urea groups is 1. The van der Waals surface area contributed by atoms with Crippen molar-refractivity contribution in [1.82, 2.24) is 25.0 Å². The van der Waals surface area contributed by atoms with Crippen LogP contribution in [0.15, 0.2) is 24.5 Å². The van der Waals surface area contributed by atoms with E-state index in [1.54, 1.807) is 17.3 Å². The number of benzene rings is 1. The normalized spacial score (nSPS) is 13.4. The number of nitro groups is 1. The van der Waals surface area contributed by atoms with Gasteiger partial charge in [-0.25, -0.2) is 4.79 Å². The number of amides is 2. The van der Waals surface area contributed by atoms with Crippen molar-refractivity contribution in [2.24, 2.45) is 0 Å². The predicted octanol–water partition coefficient (Wildman–Crippen LogP) is 1.52. The van der Waals surface area contributed by atoms with E-state index in [2.05, 4.69) is 15.5 Å². The molecule has 25 heavy (non-hydrogen) atoms. The van der Waals surface area contributed by atoms with E-state index in [0.29, 0.717) is 32.6 Å². The molecule has 1 aromatic heterocycles. The molecule has 0 bridgehead atoms. The Labute approximate surface area is 144 Å². The Hall–Kier alpha value is -2.97. The van der Waals surface area contributed by atoms with Crippen LogP contribution in [0.1, 0.15) is 23.9 Å². The number of carbonyl (C=O) groups is 1. The van der Waals surface area contributed by atoms with Gasteiger partial charge in [0.2, 0.25) is 0 Å². The Bertz CT molecular complexity index is 788. The van der Waals surface area contributed by atoms with Gasteiger partial charge in [0.15, 0.2) is 0 Å². The third kappa shape index (κ3) is 3.59. The van der Waals surface area contributed by atoms with Gasteiger partial charge in [-0.15, -0.1) is 10.2 Å². The highest BCUT2D eigenvalue weighted by Gasteiger charge is 2.25. The first-order chi connectivity index (χ1) is 12.1. The average molecular weight is 344 g/mol. The van der Waals surface area contributed by atoms with Gasteiger partial charge in [0.25, 0.3) is 5.69 Å². The average Bonchev–Trinajstić information content (AvgIpc) is 3.08. The van der Waals surface area contributed by atoms with E-state index in [1.807, 2.05) is 17.6 Å². The van der Waals surface area contributed by atoms with Gasteiger partial charge in [0.05, 0.1) is 4.92 Å². The zero-order valence-electron chi connectivity index (χ0n) is 14.0. The third-order valence-electron chi connectivity index (χ3n) is 4.37. The van der Waals surface area contributed by atoms with Crippen LogP contribution in [0, 0.1) is 10.1 Å². The van der Waals surface area contributed by atoms with Crippen molar-refractivity contribution in [2.45, 2.75) is 32.9 Å². The molecule has 2 amide bonds. The summed E-state index contributed by atoms with van der Waals surface area (Å²) in [5.41, 5.74) is 1.70. The minimum absolute atomic E-state index is 0.136. The van der Waals surface area contributed by atoms with Gasteiger partial charge in [-0.3, -0.25) is 10.1 Å². The number of rotatable bonds is 5. The summed E-state index contributed by atoms with van der Waals surface area (Å²) < 4.78 is 1.91. The van der Waals surface area contributed by atoms with E-state index in [-0.39, 0.29) is 16.6 Å². The number of nitrogens with one attached hydrogen (secondary N) is 1. The van der Waals surface area contributed by atoms with Gasteiger partial charge < -0.3 is 14.8 Å². The second kappa shape index (κ2) is 7.29. The fourth-order valence-electron chi connectivity index (χ4n) is 3.07.